The summed E-state index contributed by atoms with van der Waals surface area (Å²) in [5, 5.41) is 19.5. The molecule has 2 rings (SSSR count). The molecule has 98 valence electrons. The smallest absolute Gasteiger partial charge is 0.410 e. The summed E-state index contributed by atoms with van der Waals surface area (Å²) >= 11 is 0.869. The van der Waals surface area contributed by atoms with E-state index in [0.717, 1.165) is 11.3 Å². The van der Waals surface area contributed by atoms with Crippen molar-refractivity contribution in [2.24, 2.45) is 0 Å². The van der Waals surface area contributed by atoms with Gasteiger partial charge in [-0.3, -0.25) is 5.32 Å². The summed E-state index contributed by atoms with van der Waals surface area (Å²) in [6.45, 7) is 0. The maximum atomic E-state index is 12.8. The normalized spacial score (nSPS) is 10.2. The molecule has 0 aliphatic rings. The van der Waals surface area contributed by atoms with Crippen molar-refractivity contribution in [3.8, 4) is 10.4 Å². The van der Waals surface area contributed by atoms with Gasteiger partial charge in [0.2, 0.25) is 0 Å². The number of aromatic nitrogens is 1. The summed E-state index contributed by atoms with van der Waals surface area (Å²) < 4.78 is 12.8. The first-order chi connectivity index (χ1) is 8.97. The minimum absolute atomic E-state index is 0.0516. The topological polar surface area (TPSA) is 99.5 Å². The Morgan fingerprint density at radius 1 is 1.21 bits per heavy atom. The Morgan fingerprint density at radius 3 is 2.37 bits per heavy atom. The number of carboxylic acid groups (broad SMARTS) is 2. The Kier molecular flexibility index (Phi) is 3.43. The van der Waals surface area contributed by atoms with Crippen LogP contribution >= 0.6 is 11.3 Å². The van der Waals surface area contributed by atoms with Crippen molar-refractivity contribution in [3.63, 3.8) is 0 Å². The van der Waals surface area contributed by atoms with Crippen molar-refractivity contribution in [2.75, 3.05) is 5.32 Å². The first-order valence-corrected chi connectivity index (χ1v) is 5.79. The molecule has 0 aliphatic heterocycles. The predicted octanol–water partition coefficient (Wildman–Crippen LogP) is 2.74. The zero-order chi connectivity index (χ0) is 14.0. The number of halogens is 1. The molecule has 0 radical (unpaired) electrons. The molecule has 0 atom stereocenters. The third-order valence-electron chi connectivity index (χ3n) is 2.15. The standard InChI is InChI=1S/C11H7FN2O4S/c12-6-3-1-5(2-4-6)8-7(9(15)16)13-10(19-8)14-11(17)18/h1-4H,(H,13,14)(H,15,16)(H,17,18). The lowest BCUT2D eigenvalue weighted by Crippen LogP contribution is -2.07. The molecule has 1 amide bonds. The van der Waals surface area contributed by atoms with Gasteiger partial charge in [0.25, 0.3) is 0 Å². The van der Waals surface area contributed by atoms with Crippen LogP contribution < -0.4 is 5.32 Å². The van der Waals surface area contributed by atoms with E-state index < -0.39 is 17.9 Å². The third kappa shape index (κ3) is 2.86. The number of thiazole rings is 1. The van der Waals surface area contributed by atoms with Crippen LogP contribution in [-0.4, -0.2) is 27.3 Å². The van der Waals surface area contributed by atoms with Gasteiger partial charge < -0.3 is 10.2 Å². The SMILES string of the molecule is O=C(O)Nc1nc(C(=O)O)c(-c2ccc(F)cc2)s1. The molecule has 3 N–H and O–H groups in total. The fourth-order valence-electron chi connectivity index (χ4n) is 1.41. The van der Waals surface area contributed by atoms with Crippen molar-refractivity contribution in [1.29, 1.82) is 0 Å². The molecule has 0 saturated carbocycles. The van der Waals surface area contributed by atoms with Gasteiger partial charge in [0.15, 0.2) is 10.8 Å². The van der Waals surface area contributed by atoms with E-state index in [1.54, 1.807) is 0 Å². The number of hydrogen-bond donors (Lipinski definition) is 3. The van der Waals surface area contributed by atoms with Gasteiger partial charge >= 0.3 is 12.1 Å². The van der Waals surface area contributed by atoms with Gasteiger partial charge in [0.05, 0.1) is 4.88 Å². The number of nitrogens with zero attached hydrogens (tertiary/aromatic N) is 1. The number of carbonyl (C=O) groups is 2. The van der Waals surface area contributed by atoms with Crippen molar-refractivity contribution in [2.45, 2.75) is 0 Å². The van der Waals surface area contributed by atoms with Gasteiger partial charge in [-0.2, -0.15) is 0 Å². The highest BCUT2D eigenvalue weighted by Gasteiger charge is 2.19. The van der Waals surface area contributed by atoms with Gasteiger partial charge in [-0.1, -0.05) is 23.5 Å². The van der Waals surface area contributed by atoms with Gasteiger partial charge in [-0.15, -0.1) is 0 Å². The molecular weight excluding hydrogens is 275 g/mol. The molecule has 0 bridgehead atoms. The first kappa shape index (κ1) is 13.0. The van der Waals surface area contributed by atoms with Crippen LogP contribution in [-0.2, 0) is 0 Å². The molecule has 8 heteroatoms. The van der Waals surface area contributed by atoms with Crippen LogP contribution in [0.5, 0.6) is 0 Å². The Hall–Kier alpha value is -2.48. The number of hydrogen-bond acceptors (Lipinski definition) is 4. The Labute approximate surface area is 110 Å². The number of amides is 1. The second-order valence-electron chi connectivity index (χ2n) is 3.44. The lowest BCUT2D eigenvalue weighted by molar-refractivity contribution is 0.0692. The van der Waals surface area contributed by atoms with Crippen LogP contribution in [0.4, 0.5) is 14.3 Å². The second kappa shape index (κ2) is 5.02. The molecule has 2 aromatic rings. The number of rotatable bonds is 3. The lowest BCUT2D eigenvalue weighted by Gasteiger charge is -1.98. The largest absolute Gasteiger partial charge is 0.476 e. The summed E-state index contributed by atoms with van der Waals surface area (Å²) in [6.07, 6.45) is -1.34. The molecule has 0 aliphatic carbocycles. The van der Waals surface area contributed by atoms with Crippen molar-refractivity contribution in [3.05, 3.63) is 35.8 Å². The molecule has 0 unspecified atom stereocenters. The average Bonchev–Trinajstić information content (AvgIpc) is 2.73. The highest BCUT2D eigenvalue weighted by molar-refractivity contribution is 7.19. The van der Waals surface area contributed by atoms with Crippen LogP contribution in [0.1, 0.15) is 10.5 Å². The third-order valence-corrected chi connectivity index (χ3v) is 3.17. The van der Waals surface area contributed by atoms with Crippen LogP contribution in [0.2, 0.25) is 0 Å². The zero-order valence-corrected chi connectivity index (χ0v) is 10.1. The number of aromatic carboxylic acids is 1. The van der Waals surface area contributed by atoms with Gasteiger partial charge in [-0.25, -0.2) is 19.0 Å². The van der Waals surface area contributed by atoms with Crippen molar-refractivity contribution < 1.29 is 24.2 Å². The second-order valence-corrected chi connectivity index (χ2v) is 4.44. The fraction of sp³-hybridized carbons (Fsp3) is 0. The van der Waals surface area contributed by atoms with Crippen molar-refractivity contribution >= 4 is 28.5 Å². The molecule has 1 aromatic carbocycles. The molecule has 6 nitrogen and oxygen atoms in total. The maximum Gasteiger partial charge on any atom is 0.410 e. The van der Waals surface area contributed by atoms with E-state index in [9.17, 15) is 14.0 Å². The van der Waals surface area contributed by atoms with Crippen LogP contribution in [0, 0.1) is 5.82 Å². The minimum Gasteiger partial charge on any atom is -0.476 e. The predicted molar refractivity (Wildman–Crippen MR) is 66.1 cm³/mol. The van der Waals surface area contributed by atoms with Gasteiger partial charge in [0, 0.05) is 0 Å². The van der Waals surface area contributed by atoms with Crippen LogP contribution in [0.3, 0.4) is 0 Å². The van der Waals surface area contributed by atoms with E-state index >= 15 is 0 Å². The van der Waals surface area contributed by atoms with E-state index in [1.165, 1.54) is 24.3 Å². The van der Waals surface area contributed by atoms with Gasteiger partial charge in [0.1, 0.15) is 5.82 Å². The molecule has 19 heavy (non-hydrogen) atoms. The van der Waals surface area contributed by atoms with E-state index in [4.69, 9.17) is 10.2 Å². The summed E-state index contributed by atoms with van der Waals surface area (Å²) in [5.74, 6) is -1.73. The fourth-order valence-corrected chi connectivity index (χ4v) is 2.36. The highest BCUT2D eigenvalue weighted by atomic mass is 32.1. The summed E-state index contributed by atoms with van der Waals surface area (Å²) in [7, 11) is 0. The minimum atomic E-state index is -1.34. The van der Waals surface area contributed by atoms with Crippen LogP contribution in [0.15, 0.2) is 24.3 Å². The quantitative estimate of drug-likeness (QED) is 0.803. The monoisotopic (exact) mass is 282 g/mol. The highest BCUT2D eigenvalue weighted by Crippen LogP contribution is 2.33. The van der Waals surface area contributed by atoms with E-state index in [2.05, 4.69) is 4.98 Å². The number of carboxylic acids is 1. The van der Waals surface area contributed by atoms with Crippen molar-refractivity contribution in [1.82, 2.24) is 4.98 Å². The summed E-state index contributed by atoms with van der Waals surface area (Å²) in [4.78, 5) is 25.5. The zero-order valence-electron chi connectivity index (χ0n) is 9.25. The molecule has 1 aromatic heterocycles. The Morgan fingerprint density at radius 2 is 1.84 bits per heavy atom. The number of benzene rings is 1. The number of nitrogens with one attached hydrogen (secondary N) is 1. The molecule has 0 fully saturated rings. The summed E-state index contributed by atoms with van der Waals surface area (Å²) in [5.41, 5.74) is 0.176. The molecule has 0 spiro atoms. The Balaban J connectivity index is 2.48. The maximum absolute atomic E-state index is 12.8. The first-order valence-electron chi connectivity index (χ1n) is 4.97. The van der Waals surface area contributed by atoms with E-state index in [-0.39, 0.29) is 15.7 Å². The van der Waals surface area contributed by atoms with E-state index in [0.29, 0.717) is 5.56 Å². The molecule has 0 saturated heterocycles. The lowest BCUT2D eigenvalue weighted by atomic mass is 10.1. The van der Waals surface area contributed by atoms with Crippen LogP contribution in [0.25, 0.3) is 10.4 Å². The number of anilines is 1. The molecule has 1 heterocycles. The van der Waals surface area contributed by atoms with Gasteiger partial charge in [-0.05, 0) is 17.7 Å². The summed E-state index contributed by atoms with van der Waals surface area (Å²) in [6, 6.07) is 5.18. The Bertz CT molecular complexity index is 639. The van der Waals surface area contributed by atoms with E-state index in [1.807, 2.05) is 5.32 Å². The average molecular weight is 282 g/mol. The molecular formula is C11H7FN2O4S.